The molecule has 0 unspecified atom stereocenters. The minimum absolute atomic E-state index is 0.0365. The molecule has 1 aliphatic heterocycles. The van der Waals surface area contributed by atoms with Crippen LogP contribution in [-0.2, 0) is 25.9 Å². The Bertz CT molecular complexity index is 871. The Morgan fingerprint density at radius 3 is 2.27 bits per heavy atom. The lowest BCUT2D eigenvalue weighted by atomic mass is 10.4. The van der Waals surface area contributed by atoms with E-state index in [4.69, 9.17) is 4.74 Å². The highest BCUT2D eigenvalue weighted by Gasteiger charge is 2.37. The van der Waals surface area contributed by atoms with Gasteiger partial charge in [0.25, 0.3) is 5.65 Å². The van der Waals surface area contributed by atoms with Crippen molar-refractivity contribution >= 4 is 17.1 Å². The van der Waals surface area contributed by atoms with Crippen LogP contribution in [0.25, 0.3) is 11.2 Å². The molecule has 0 radical (unpaired) electrons. The molecule has 0 amide bonds. The molecule has 22 heavy (non-hydrogen) atoms. The lowest BCUT2D eigenvalue weighted by molar-refractivity contribution is -0.575. The Morgan fingerprint density at radius 1 is 1.09 bits per heavy atom. The fraction of sp³-hybridized carbons (Fsp3) is 0.583. The monoisotopic (exact) mass is 311 g/mol. The number of ether oxygens (including phenoxy) is 1. The molecule has 0 atom stereocenters. The summed E-state index contributed by atoms with van der Waals surface area (Å²) < 4.78 is 7.98. The second-order valence-electron chi connectivity index (χ2n) is 5.48. The third-order valence-corrected chi connectivity index (χ3v) is 4.18. The predicted octanol–water partition coefficient (Wildman–Crippen LogP) is -1.96. The van der Waals surface area contributed by atoms with Gasteiger partial charge in [0.15, 0.2) is 0 Å². The van der Waals surface area contributed by atoms with Gasteiger partial charge in [-0.25, -0.2) is 18.5 Å². The highest BCUT2D eigenvalue weighted by molar-refractivity contribution is 5.69. The zero-order valence-electron chi connectivity index (χ0n) is 12.6. The van der Waals surface area contributed by atoms with Crippen LogP contribution in [0.1, 0.15) is 0 Å². The van der Waals surface area contributed by atoms with Crippen molar-refractivity contribution in [3.8, 4) is 0 Å². The predicted molar refractivity (Wildman–Crippen MR) is 78.1 cm³/mol. The van der Waals surface area contributed by atoms with E-state index in [0.717, 1.165) is 9.13 Å². The molecular weight excluding hydrogens is 294 g/mol. The summed E-state index contributed by atoms with van der Waals surface area (Å²) in [7, 11) is 4.23. The summed E-state index contributed by atoms with van der Waals surface area (Å²) in [6.07, 6.45) is 0. The van der Waals surface area contributed by atoms with E-state index in [0.29, 0.717) is 4.73 Å². The van der Waals surface area contributed by atoms with Gasteiger partial charge in [-0.05, 0) is 0 Å². The minimum Gasteiger partial charge on any atom is -0.736 e. The fourth-order valence-electron chi connectivity index (χ4n) is 2.95. The van der Waals surface area contributed by atoms with Crippen LogP contribution in [0.3, 0.4) is 0 Å². The van der Waals surface area contributed by atoms with Gasteiger partial charge in [-0.15, -0.1) is 0 Å². The van der Waals surface area contributed by atoms with E-state index < -0.39 is 15.9 Å². The maximum absolute atomic E-state index is 12.9. The summed E-state index contributed by atoms with van der Waals surface area (Å²) in [5, 5.41) is 25.6. The molecule has 1 saturated heterocycles. The molecule has 0 aliphatic carbocycles. The maximum atomic E-state index is 12.9. The summed E-state index contributed by atoms with van der Waals surface area (Å²) >= 11 is 0. The molecule has 0 aromatic carbocycles. The minimum atomic E-state index is -0.883. The third-order valence-electron chi connectivity index (χ3n) is 4.18. The molecule has 1 aliphatic rings. The molecule has 0 spiro atoms. The van der Waals surface area contributed by atoms with E-state index in [-0.39, 0.29) is 43.4 Å². The largest absolute Gasteiger partial charge is 0.736 e. The van der Waals surface area contributed by atoms with Crippen molar-refractivity contribution in [1.29, 1.82) is 0 Å². The van der Waals surface area contributed by atoms with Crippen molar-refractivity contribution in [3.63, 3.8) is 0 Å². The molecule has 1 fully saturated rings. The van der Waals surface area contributed by atoms with Gasteiger partial charge >= 0.3 is 17.2 Å². The van der Waals surface area contributed by atoms with E-state index >= 15 is 0 Å². The van der Waals surface area contributed by atoms with Gasteiger partial charge in [0, 0.05) is 7.05 Å². The summed E-state index contributed by atoms with van der Waals surface area (Å²) in [5.74, 6) is -0.114. The number of morpholine rings is 1. The molecular formula is C12H17N5O5. The quantitative estimate of drug-likeness (QED) is 0.345. The number of aromatic nitrogens is 4. The highest BCUT2D eigenvalue weighted by atomic mass is 16.6. The first-order chi connectivity index (χ1) is 10.3. The van der Waals surface area contributed by atoms with Gasteiger partial charge in [0.05, 0.1) is 27.3 Å². The van der Waals surface area contributed by atoms with Crippen molar-refractivity contribution in [1.82, 2.24) is 18.3 Å². The third kappa shape index (κ3) is 1.74. The smallest absolute Gasteiger partial charge is 0.404 e. The van der Waals surface area contributed by atoms with Gasteiger partial charge < -0.3 is 15.2 Å². The zero-order chi connectivity index (χ0) is 16.2. The van der Waals surface area contributed by atoms with Crippen LogP contribution in [0.2, 0.25) is 0 Å². The first-order valence-corrected chi connectivity index (χ1v) is 6.84. The van der Waals surface area contributed by atoms with E-state index in [1.54, 1.807) is 0 Å². The van der Waals surface area contributed by atoms with Crippen molar-refractivity contribution < 1.29 is 9.47 Å². The first kappa shape index (κ1) is 14.8. The standard InChI is InChI=1S/C12H17N5O5/c1-13-8-9(14(2)12(19)15(3)10(8)18)16(20)11(13)17(21)4-6-22-7-5-17/h4-7H2,1-3H3. The Kier molecular flexibility index (Phi) is 3.13. The van der Waals surface area contributed by atoms with Crippen molar-refractivity contribution in [3.05, 3.63) is 31.3 Å². The number of imidazole rings is 1. The van der Waals surface area contributed by atoms with E-state index in [1.807, 2.05) is 0 Å². The van der Waals surface area contributed by atoms with E-state index in [9.17, 15) is 20.0 Å². The Morgan fingerprint density at radius 2 is 1.68 bits per heavy atom. The molecule has 2 aromatic heterocycles. The van der Waals surface area contributed by atoms with Gasteiger partial charge in [0.2, 0.25) is 5.52 Å². The number of rotatable bonds is 1. The van der Waals surface area contributed by atoms with Crippen LogP contribution in [0.4, 0.5) is 5.95 Å². The molecule has 0 saturated carbocycles. The SMILES string of the molecule is Cn1c(=O)c2c(n(C)c1=O)[n+]([O-])c([N+]1([O-])CCOCC1)n2C. The average molecular weight is 311 g/mol. The fourth-order valence-corrected chi connectivity index (χ4v) is 2.95. The van der Waals surface area contributed by atoms with Crippen LogP contribution in [0, 0.1) is 10.4 Å². The number of quaternary nitrogens is 1. The molecule has 120 valence electrons. The zero-order valence-corrected chi connectivity index (χ0v) is 12.6. The summed E-state index contributed by atoms with van der Waals surface area (Å²) in [4.78, 5) is 24.3. The van der Waals surface area contributed by atoms with Crippen LogP contribution >= 0.6 is 0 Å². The Balaban J connectivity index is 2.44. The van der Waals surface area contributed by atoms with Gasteiger partial charge in [0.1, 0.15) is 13.1 Å². The van der Waals surface area contributed by atoms with Crippen molar-refractivity contribution in [2.24, 2.45) is 21.1 Å². The normalized spacial score (nSPS) is 18.0. The van der Waals surface area contributed by atoms with Crippen molar-refractivity contribution in [2.75, 3.05) is 26.3 Å². The molecule has 0 N–H and O–H groups in total. The van der Waals surface area contributed by atoms with Crippen LogP contribution in [0.5, 0.6) is 0 Å². The lowest BCUT2D eigenvalue weighted by Gasteiger charge is -2.41. The number of hydrogen-bond donors (Lipinski definition) is 0. The molecule has 0 bridgehead atoms. The molecule has 2 aromatic rings. The van der Waals surface area contributed by atoms with E-state index in [2.05, 4.69) is 0 Å². The van der Waals surface area contributed by atoms with Crippen molar-refractivity contribution in [2.45, 2.75) is 0 Å². The summed E-state index contributed by atoms with van der Waals surface area (Å²) in [6.45, 7) is 0.644. The topological polar surface area (TPSA) is 108 Å². The second kappa shape index (κ2) is 4.66. The first-order valence-electron chi connectivity index (χ1n) is 6.84. The second-order valence-corrected chi connectivity index (χ2v) is 5.48. The number of fused-ring (bicyclic) bond motifs is 1. The number of hydrogen-bond acceptors (Lipinski definition) is 5. The number of nitrogens with zero attached hydrogens (tertiary/aromatic N) is 5. The molecule has 3 rings (SSSR count). The van der Waals surface area contributed by atoms with Crippen LogP contribution in [0.15, 0.2) is 9.59 Å². The van der Waals surface area contributed by atoms with Crippen LogP contribution < -0.4 is 20.6 Å². The number of hydroxylamine groups is 2. The summed E-state index contributed by atoms with van der Waals surface area (Å²) in [6, 6.07) is 0. The lowest BCUT2D eigenvalue weighted by Crippen LogP contribution is -2.57. The Hall–Kier alpha value is -2.17. The molecule has 3 heterocycles. The maximum Gasteiger partial charge on any atom is 0.404 e. The average Bonchev–Trinajstić information content (AvgIpc) is 2.75. The van der Waals surface area contributed by atoms with E-state index in [1.165, 1.54) is 25.7 Å². The van der Waals surface area contributed by atoms with Gasteiger partial charge in [-0.1, -0.05) is 0 Å². The number of aryl methyl sites for hydroxylation is 2. The van der Waals surface area contributed by atoms with Gasteiger partial charge in [-0.2, -0.15) is 4.73 Å². The summed E-state index contributed by atoms with van der Waals surface area (Å²) in [5.41, 5.74) is -1.28. The highest BCUT2D eigenvalue weighted by Crippen LogP contribution is 2.23. The van der Waals surface area contributed by atoms with Crippen LogP contribution in [-0.4, -0.2) is 40.0 Å². The molecule has 10 heteroatoms. The Labute approximate surface area is 124 Å². The van der Waals surface area contributed by atoms with Gasteiger partial charge in [-0.3, -0.25) is 9.44 Å². The molecule has 10 nitrogen and oxygen atoms in total.